The molecule has 13 heteroatoms. The third-order valence-corrected chi connectivity index (χ3v) is 13.2. The van der Waals surface area contributed by atoms with E-state index in [1.165, 1.54) is 33.6 Å². The Morgan fingerprint density at radius 3 is 2.45 bits per heavy atom. The van der Waals surface area contributed by atoms with Crippen LogP contribution in [0.2, 0.25) is 0 Å². The number of carbonyl (C=O) groups is 4. The molecule has 33 heavy (non-hydrogen) atoms. The summed E-state index contributed by atoms with van der Waals surface area (Å²) in [5, 5.41) is 22.3. The number of carbonyl (C=O) groups excluding carboxylic acids is 4. The number of amides is 2. The van der Waals surface area contributed by atoms with Gasteiger partial charge in [0.1, 0.15) is 5.60 Å². The maximum atomic E-state index is 13.9. The third kappa shape index (κ3) is 2.51. The second kappa shape index (κ2) is 6.82. The Morgan fingerprint density at radius 1 is 1.24 bits per heavy atom. The number of Topliss-reactive ketones (excluding diaryl/α,β-unsaturated/α-hetero) is 1. The van der Waals surface area contributed by atoms with Crippen LogP contribution in [0.25, 0.3) is 0 Å². The lowest BCUT2D eigenvalue weighted by atomic mass is 9.76. The first kappa shape index (κ1) is 23.7. The minimum absolute atomic E-state index is 0.115. The number of hydrogen-bond donors (Lipinski definition) is 2. The molecule has 0 aromatic heterocycles. The Morgan fingerprint density at radius 2 is 1.91 bits per heavy atom. The summed E-state index contributed by atoms with van der Waals surface area (Å²) in [5.41, 5.74) is -4.45. The first-order valence-corrected chi connectivity index (χ1v) is 14.1. The molecule has 7 atom stereocenters. The van der Waals surface area contributed by atoms with Crippen molar-refractivity contribution in [3.63, 3.8) is 0 Å². The van der Waals surface area contributed by atoms with E-state index >= 15 is 0 Å². The highest BCUT2D eigenvalue weighted by Gasteiger charge is 2.83. The number of rotatable bonds is 2. The molecule has 5 aliphatic heterocycles. The summed E-state index contributed by atoms with van der Waals surface area (Å²) in [6, 6.07) is -1.02. The van der Waals surface area contributed by atoms with E-state index in [0.717, 1.165) is 21.6 Å². The van der Waals surface area contributed by atoms with E-state index in [4.69, 9.17) is 9.47 Å². The Bertz CT molecular complexity index is 994. The average Bonchev–Trinajstić information content (AvgIpc) is 3.10. The van der Waals surface area contributed by atoms with Crippen LogP contribution < -0.4 is 0 Å². The van der Waals surface area contributed by atoms with Gasteiger partial charge in [-0.15, -0.1) is 0 Å². The largest absolute Gasteiger partial charge is 0.456 e. The van der Waals surface area contributed by atoms with Crippen molar-refractivity contribution in [2.24, 2.45) is 5.41 Å². The van der Waals surface area contributed by atoms with E-state index < -0.39 is 69.0 Å². The van der Waals surface area contributed by atoms with Gasteiger partial charge in [-0.05, 0) is 38.3 Å². The number of aliphatic hydroxyl groups excluding tert-OH is 1. The summed E-state index contributed by atoms with van der Waals surface area (Å²) in [5.74, 6) is -1.96. The van der Waals surface area contributed by atoms with Crippen LogP contribution in [0.1, 0.15) is 40.5 Å². The number of nitrogens with zero attached hydrogens (tertiary/aromatic N) is 2. The summed E-state index contributed by atoms with van der Waals surface area (Å²) in [6.07, 6.45) is -2.26. The van der Waals surface area contributed by atoms with Crippen molar-refractivity contribution in [3.05, 3.63) is 0 Å². The predicted molar refractivity (Wildman–Crippen MR) is 121 cm³/mol. The average molecular weight is 519 g/mol. The number of esters is 1. The lowest BCUT2D eigenvalue weighted by Crippen LogP contribution is -2.73. The first-order valence-electron chi connectivity index (χ1n) is 10.6. The fourth-order valence-corrected chi connectivity index (χ4v) is 12.0. The number of aliphatic hydroxyl groups is 2. The summed E-state index contributed by atoms with van der Waals surface area (Å²) in [7, 11) is 4.90. The molecule has 6 aliphatic rings. The van der Waals surface area contributed by atoms with Gasteiger partial charge >= 0.3 is 5.97 Å². The topological polar surface area (TPSA) is 134 Å². The number of ether oxygens (including phenoxy) is 2. The van der Waals surface area contributed by atoms with Crippen LogP contribution in [-0.2, 0) is 28.7 Å². The fraction of sp³-hybridized carbons (Fsp3) is 0.800. The molecule has 1 aliphatic carbocycles. The van der Waals surface area contributed by atoms with Crippen LogP contribution in [0.4, 0.5) is 0 Å². The molecule has 2 bridgehead atoms. The highest BCUT2D eigenvalue weighted by Crippen LogP contribution is 2.69. The summed E-state index contributed by atoms with van der Waals surface area (Å²) >= 11 is 0. The summed E-state index contributed by atoms with van der Waals surface area (Å²) in [4.78, 5) is 52.8. The van der Waals surface area contributed by atoms with E-state index in [1.54, 1.807) is 20.8 Å². The van der Waals surface area contributed by atoms with Crippen molar-refractivity contribution in [1.82, 2.24) is 9.80 Å². The van der Waals surface area contributed by atoms with Gasteiger partial charge in [0, 0.05) is 26.8 Å². The maximum absolute atomic E-state index is 13.9. The van der Waals surface area contributed by atoms with Crippen LogP contribution in [0.5, 0.6) is 0 Å². The van der Waals surface area contributed by atoms with Crippen LogP contribution in [0.15, 0.2) is 0 Å². The normalized spacial score (nSPS) is 47.8. The standard InChI is InChI=1S/C20H26N2O8S3/c1-9-16(3,4)12(25)18(30-9)6-11-17(28,13(18)29-10(2)24)7-19-14(26)21(5)20(8-23,32-33-31-19)15(27)22(11)19/h9,11,13,23,28H,6-8H2,1-5H3/t9-,11-,13-,17+,18+,19-,20-/m1/s1. The molecule has 6 fully saturated rings. The molecule has 5 heterocycles. The second-order valence-electron chi connectivity index (χ2n) is 10.1. The van der Waals surface area contributed by atoms with Crippen molar-refractivity contribution in [2.75, 3.05) is 13.7 Å². The van der Waals surface area contributed by atoms with E-state index in [1.807, 2.05) is 0 Å². The monoisotopic (exact) mass is 518 g/mol. The van der Waals surface area contributed by atoms with Gasteiger partial charge in [-0.3, -0.25) is 19.2 Å². The van der Waals surface area contributed by atoms with E-state index in [0.29, 0.717) is 0 Å². The molecule has 0 aromatic rings. The zero-order chi connectivity index (χ0) is 24.4. The van der Waals surface area contributed by atoms with Gasteiger partial charge in [-0.1, -0.05) is 13.8 Å². The van der Waals surface area contributed by atoms with Crippen molar-refractivity contribution in [1.29, 1.82) is 0 Å². The molecule has 2 amide bonds. The molecule has 2 spiro atoms. The first-order chi connectivity index (χ1) is 15.2. The lowest BCUT2D eigenvalue weighted by Gasteiger charge is -2.50. The zero-order valence-electron chi connectivity index (χ0n) is 18.8. The molecule has 0 unspecified atom stereocenters. The van der Waals surface area contributed by atoms with Gasteiger partial charge in [-0.2, -0.15) is 0 Å². The summed E-state index contributed by atoms with van der Waals surface area (Å²) in [6.45, 7) is 5.80. The highest BCUT2D eigenvalue weighted by molar-refractivity contribution is 9.10. The van der Waals surface area contributed by atoms with E-state index in [2.05, 4.69) is 0 Å². The molecule has 0 aromatic carbocycles. The Labute approximate surface area is 202 Å². The molecular formula is C20H26N2O8S3. The van der Waals surface area contributed by atoms with Crippen molar-refractivity contribution >= 4 is 55.0 Å². The number of hydrogen-bond acceptors (Lipinski definition) is 11. The van der Waals surface area contributed by atoms with E-state index in [-0.39, 0.29) is 18.6 Å². The van der Waals surface area contributed by atoms with Crippen LogP contribution in [0, 0.1) is 5.41 Å². The predicted octanol–water partition coefficient (Wildman–Crippen LogP) is 0.307. The Hall–Kier alpha value is -0.990. The van der Waals surface area contributed by atoms with Crippen LogP contribution in [0.3, 0.4) is 0 Å². The molecular weight excluding hydrogens is 492 g/mol. The molecule has 0 radical (unpaired) electrons. The minimum Gasteiger partial charge on any atom is -0.456 e. The Balaban J connectivity index is 1.69. The van der Waals surface area contributed by atoms with Gasteiger partial charge in [-0.25, -0.2) is 0 Å². The van der Waals surface area contributed by atoms with Crippen LogP contribution in [-0.4, -0.2) is 96.4 Å². The number of ketones is 1. The van der Waals surface area contributed by atoms with Gasteiger partial charge in [0.2, 0.25) is 4.87 Å². The fourth-order valence-electron chi connectivity index (χ4n) is 6.10. The van der Waals surface area contributed by atoms with Crippen molar-refractivity contribution < 1.29 is 38.9 Å². The highest BCUT2D eigenvalue weighted by atomic mass is 33.5. The van der Waals surface area contributed by atoms with Gasteiger partial charge in [0.05, 0.1) is 24.2 Å². The smallest absolute Gasteiger partial charge is 0.303 e. The maximum Gasteiger partial charge on any atom is 0.303 e. The van der Waals surface area contributed by atoms with Gasteiger partial charge in [0.15, 0.2) is 22.4 Å². The lowest BCUT2D eigenvalue weighted by molar-refractivity contribution is -0.189. The van der Waals surface area contributed by atoms with Crippen molar-refractivity contribution in [3.8, 4) is 0 Å². The van der Waals surface area contributed by atoms with Crippen LogP contribution >= 0.6 is 31.4 Å². The third-order valence-electron chi connectivity index (χ3n) is 8.12. The molecule has 5 saturated heterocycles. The second-order valence-corrected chi connectivity index (χ2v) is 14.5. The molecule has 6 rings (SSSR count). The van der Waals surface area contributed by atoms with Gasteiger partial charge in [0.25, 0.3) is 11.8 Å². The molecule has 1 saturated carbocycles. The molecule has 182 valence electrons. The zero-order valence-corrected chi connectivity index (χ0v) is 21.3. The van der Waals surface area contributed by atoms with Gasteiger partial charge < -0.3 is 29.5 Å². The van der Waals surface area contributed by atoms with Crippen molar-refractivity contribution in [2.45, 2.75) is 79.7 Å². The number of piperazine rings is 1. The number of likely N-dealkylation sites (N-methyl/N-ethyl adjacent to an activating group) is 1. The van der Waals surface area contributed by atoms with E-state index in [9.17, 15) is 29.4 Å². The summed E-state index contributed by atoms with van der Waals surface area (Å²) < 4.78 is 11.8. The minimum atomic E-state index is -1.89. The molecule has 2 N–H and O–H groups in total. The SMILES string of the molecule is CC(=O)O[C@@H]1[C@]2(O)C[C@]34SSS[C@](CO)(C(=O)N3[C@@H]2C[C@@]12O[C@H](C)C(C)(C)C2=O)N(C)C4=O. The quantitative estimate of drug-likeness (QED) is 0.386. The molecule has 10 nitrogen and oxygen atoms in total. The number of fused-ring (bicyclic) bond motifs is 4. The Kier molecular flexibility index (Phi) is 4.90.